The van der Waals surface area contributed by atoms with Crippen LogP contribution in [0.3, 0.4) is 0 Å². The maximum atomic E-state index is 12.5. The van der Waals surface area contributed by atoms with Crippen molar-refractivity contribution >= 4 is 11.6 Å². The number of nitrogens with one attached hydrogen (secondary N) is 1. The standard InChI is InChI=1S/C17H18N6O2/c24-16(14-9-19-15-3-1-2-8-22(15)17(14)25)21-12-4-6-13(7-5-12)23-11-18-10-20-23/h1-3,8-13H,4-7H2,(H,21,24). The summed E-state index contributed by atoms with van der Waals surface area (Å²) in [6, 6.07) is 5.65. The smallest absolute Gasteiger partial charge is 0.270 e. The van der Waals surface area contributed by atoms with Crippen molar-refractivity contribution in [3.05, 3.63) is 59.2 Å². The van der Waals surface area contributed by atoms with Crippen LogP contribution < -0.4 is 10.9 Å². The van der Waals surface area contributed by atoms with Gasteiger partial charge in [-0.15, -0.1) is 0 Å². The van der Waals surface area contributed by atoms with Gasteiger partial charge >= 0.3 is 0 Å². The zero-order chi connectivity index (χ0) is 17.2. The molecule has 0 aliphatic heterocycles. The molecule has 3 heterocycles. The highest BCUT2D eigenvalue weighted by Crippen LogP contribution is 2.27. The van der Waals surface area contributed by atoms with Crippen molar-refractivity contribution in [1.29, 1.82) is 0 Å². The van der Waals surface area contributed by atoms with E-state index in [-0.39, 0.29) is 23.1 Å². The van der Waals surface area contributed by atoms with Crippen LogP contribution >= 0.6 is 0 Å². The van der Waals surface area contributed by atoms with Crippen molar-refractivity contribution in [2.75, 3.05) is 0 Å². The molecule has 1 saturated carbocycles. The number of pyridine rings is 1. The lowest BCUT2D eigenvalue weighted by atomic mass is 9.91. The summed E-state index contributed by atoms with van der Waals surface area (Å²) in [5, 5.41) is 7.15. The summed E-state index contributed by atoms with van der Waals surface area (Å²) in [6.07, 6.45) is 9.77. The van der Waals surface area contributed by atoms with Crippen LogP contribution in [0.25, 0.3) is 5.65 Å². The quantitative estimate of drug-likeness (QED) is 0.774. The van der Waals surface area contributed by atoms with Gasteiger partial charge in [0.1, 0.15) is 23.9 Å². The van der Waals surface area contributed by atoms with Crippen LogP contribution in [0.1, 0.15) is 42.1 Å². The van der Waals surface area contributed by atoms with E-state index in [0.717, 1.165) is 25.7 Å². The SMILES string of the molecule is O=C(NC1CCC(n2cncn2)CC1)c1cnc2ccccn2c1=O. The Balaban J connectivity index is 1.44. The first-order valence-electron chi connectivity index (χ1n) is 8.34. The fraction of sp³-hybridized carbons (Fsp3) is 0.353. The van der Waals surface area contributed by atoms with Crippen LogP contribution in [0.4, 0.5) is 0 Å². The van der Waals surface area contributed by atoms with Crippen molar-refractivity contribution in [1.82, 2.24) is 29.5 Å². The monoisotopic (exact) mass is 338 g/mol. The lowest BCUT2D eigenvalue weighted by Gasteiger charge is -2.28. The Kier molecular flexibility index (Phi) is 4.01. The molecule has 0 spiro atoms. The topological polar surface area (TPSA) is 94.2 Å². The van der Waals surface area contributed by atoms with E-state index < -0.39 is 0 Å². The molecule has 0 bridgehead atoms. The van der Waals surface area contributed by atoms with Crippen LogP contribution in [-0.2, 0) is 0 Å². The number of fused-ring (bicyclic) bond motifs is 1. The molecule has 0 saturated heterocycles. The van der Waals surface area contributed by atoms with Crippen molar-refractivity contribution < 1.29 is 4.79 Å². The van der Waals surface area contributed by atoms with Crippen molar-refractivity contribution in [3.63, 3.8) is 0 Å². The summed E-state index contributed by atoms with van der Waals surface area (Å²) in [5.41, 5.74) is 0.249. The minimum absolute atomic E-state index is 0.0585. The fourth-order valence-electron chi connectivity index (χ4n) is 3.34. The summed E-state index contributed by atoms with van der Waals surface area (Å²) in [6.45, 7) is 0. The molecule has 8 nitrogen and oxygen atoms in total. The predicted octanol–water partition coefficient (Wildman–Crippen LogP) is 1.20. The van der Waals surface area contributed by atoms with E-state index in [1.807, 2.05) is 4.68 Å². The van der Waals surface area contributed by atoms with E-state index in [1.54, 1.807) is 30.7 Å². The van der Waals surface area contributed by atoms with Crippen LogP contribution in [-0.4, -0.2) is 36.1 Å². The summed E-state index contributed by atoms with van der Waals surface area (Å²) in [4.78, 5) is 33.1. The van der Waals surface area contributed by atoms with Gasteiger partial charge in [-0.3, -0.25) is 14.0 Å². The fourth-order valence-corrected chi connectivity index (χ4v) is 3.34. The molecule has 3 aromatic heterocycles. The Morgan fingerprint density at radius 1 is 1.20 bits per heavy atom. The Bertz CT molecular complexity index is 941. The summed E-state index contributed by atoms with van der Waals surface area (Å²) >= 11 is 0. The molecular weight excluding hydrogens is 320 g/mol. The average Bonchev–Trinajstić information content (AvgIpc) is 3.17. The van der Waals surface area contributed by atoms with Gasteiger partial charge in [-0.2, -0.15) is 5.10 Å². The van der Waals surface area contributed by atoms with Gasteiger partial charge in [-0.1, -0.05) is 6.07 Å². The molecule has 25 heavy (non-hydrogen) atoms. The number of carbonyl (C=O) groups is 1. The van der Waals surface area contributed by atoms with Gasteiger partial charge in [0.15, 0.2) is 0 Å². The number of hydrogen-bond acceptors (Lipinski definition) is 5. The molecule has 0 aromatic carbocycles. The molecule has 0 radical (unpaired) electrons. The Morgan fingerprint density at radius 3 is 2.80 bits per heavy atom. The molecule has 128 valence electrons. The van der Waals surface area contributed by atoms with Crippen molar-refractivity contribution in [2.24, 2.45) is 0 Å². The van der Waals surface area contributed by atoms with Gasteiger partial charge in [-0.05, 0) is 37.8 Å². The zero-order valence-electron chi connectivity index (χ0n) is 13.6. The minimum atomic E-state index is -0.361. The number of amides is 1. The van der Waals surface area contributed by atoms with Gasteiger partial charge in [0.2, 0.25) is 0 Å². The van der Waals surface area contributed by atoms with Crippen molar-refractivity contribution in [3.8, 4) is 0 Å². The first kappa shape index (κ1) is 15.5. The largest absolute Gasteiger partial charge is 0.349 e. The van der Waals surface area contributed by atoms with E-state index in [9.17, 15) is 9.59 Å². The van der Waals surface area contributed by atoms with Crippen LogP contribution in [0.15, 0.2) is 48.0 Å². The zero-order valence-corrected chi connectivity index (χ0v) is 13.6. The summed E-state index contributed by atoms with van der Waals surface area (Å²) in [7, 11) is 0. The van der Waals surface area contributed by atoms with Gasteiger partial charge in [0, 0.05) is 18.4 Å². The molecule has 1 aliphatic carbocycles. The maximum absolute atomic E-state index is 12.5. The lowest BCUT2D eigenvalue weighted by Crippen LogP contribution is -2.40. The Labute approximate surface area is 143 Å². The highest BCUT2D eigenvalue weighted by atomic mass is 16.2. The highest BCUT2D eigenvalue weighted by Gasteiger charge is 2.25. The highest BCUT2D eigenvalue weighted by molar-refractivity contribution is 5.93. The van der Waals surface area contributed by atoms with Crippen LogP contribution in [0, 0.1) is 0 Å². The first-order chi connectivity index (χ1) is 12.2. The van der Waals surface area contributed by atoms with E-state index >= 15 is 0 Å². The van der Waals surface area contributed by atoms with E-state index in [4.69, 9.17) is 0 Å². The third-order valence-corrected chi connectivity index (χ3v) is 4.70. The molecule has 1 fully saturated rings. The lowest BCUT2D eigenvalue weighted by molar-refractivity contribution is 0.0919. The third-order valence-electron chi connectivity index (χ3n) is 4.70. The third kappa shape index (κ3) is 3.02. The Morgan fingerprint density at radius 2 is 2.04 bits per heavy atom. The second-order valence-electron chi connectivity index (χ2n) is 6.26. The molecule has 1 aliphatic rings. The first-order valence-corrected chi connectivity index (χ1v) is 8.34. The van der Waals surface area contributed by atoms with Gasteiger partial charge in [-0.25, -0.2) is 14.6 Å². The summed E-state index contributed by atoms with van der Waals surface area (Å²) < 4.78 is 3.26. The second kappa shape index (κ2) is 6.46. The number of aromatic nitrogens is 5. The number of hydrogen-bond donors (Lipinski definition) is 1. The normalized spacial score (nSPS) is 20.5. The van der Waals surface area contributed by atoms with Crippen LogP contribution in [0.5, 0.6) is 0 Å². The molecular formula is C17H18N6O2. The molecule has 1 amide bonds. The molecule has 0 atom stereocenters. The predicted molar refractivity (Wildman–Crippen MR) is 90.2 cm³/mol. The molecule has 1 N–H and O–H groups in total. The van der Waals surface area contributed by atoms with E-state index in [1.165, 1.54) is 16.9 Å². The number of rotatable bonds is 3. The summed E-state index contributed by atoms with van der Waals surface area (Å²) in [5.74, 6) is -0.361. The average molecular weight is 338 g/mol. The molecule has 0 unspecified atom stereocenters. The van der Waals surface area contributed by atoms with E-state index in [0.29, 0.717) is 11.7 Å². The van der Waals surface area contributed by atoms with E-state index in [2.05, 4.69) is 20.4 Å². The minimum Gasteiger partial charge on any atom is -0.349 e. The van der Waals surface area contributed by atoms with Gasteiger partial charge < -0.3 is 5.32 Å². The maximum Gasteiger partial charge on any atom is 0.270 e. The molecule has 8 heteroatoms. The van der Waals surface area contributed by atoms with Crippen LogP contribution in [0.2, 0.25) is 0 Å². The molecule has 4 rings (SSSR count). The van der Waals surface area contributed by atoms with Gasteiger partial charge in [0.25, 0.3) is 11.5 Å². The molecule has 3 aromatic rings. The van der Waals surface area contributed by atoms with Gasteiger partial charge in [0.05, 0.1) is 6.04 Å². The number of nitrogens with zero attached hydrogens (tertiary/aromatic N) is 5. The van der Waals surface area contributed by atoms with Crippen molar-refractivity contribution in [2.45, 2.75) is 37.8 Å². The second-order valence-corrected chi connectivity index (χ2v) is 6.26. The Hall–Kier alpha value is -3.03. The number of carbonyl (C=O) groups excluding carboxylic acids is 1.